The summed E-state index contributed by atoms with van der Waals surface area (Å²) in [6.45, 7) is 10.6. The molecule has 0 saturated carbocycles. The number of benzene rings is 2. The molecular formula is C29H42F3N3O2. The molecule has 5 nitrogen and oxygen atoms in total. The topological polar surface area (TPSA) is 62.4 Å². The predicted molar refractivity (Wildman–Crippen MR) is 144 cm³/mol. The summed E-state index contributed by atoms with van der Waals surface area (Å²) in [6, 6.07) is 16.4. The van der Waals surface area contributed by atoms with Crippen molar-refractivity contribution in [3.05, 3.63) is 65.7 Å². The minimum atomic E-state index is -4.33. The van der Waals surface area contributed by atoms with Crippen molar-refractivity contribution in [1.29, 1.82) is 0 Å². The molecule has 0 aliphatic carbocycles. The van der Waals surface area contributed by atoms with Crippen LogP contribution in [-0.2, 0) is 10.9 Å². The molecule has 37 heavy (non-hydrogen) atoms. The van der Waals surface area contributed by atoms with Gasteiger partial charge in [0, 0.05) is 24.8 Å². The summed E-state index contributed by atoms with van der Waals surface area (Å²) in [5, 5.41) is 9.30. The third-order valence-corrected chi connectivity index (χ3v) is 6.50. The third-order valence-electron chi connectivity index (χ3n) is 6.50. The molecule has 0 aromatic heterocycles. The van der Waals surface area contributed by atoms with Crippen molar-refractivity contribution < 1.29 is 22.7 Å². The number of halogens is 3. The van der Waals surface area contributed by atoms with E-state index < -0.39 is 17.8 Å². The lowest BCUT2D eigenvalue weighted by molar-refractivity contribution is -0.137. The van der Waals surface area contributed by atoms with Crippen LogP contribution in [0.3, 0.4) is 0 Å². The summed E-state index contributed by atoms with van der Waals surface area (Å²) < 4.78 is 44.5. The highest BCUT2D eigenvalue weighted by molar-refractivity contribution is 5.67. The van der Waals surface area contributed by atoms with Crippen molar-refractivity contribution in [3.8, 4) is 0 Å². The maximum Gasteiger partial charge on any atom is 0.416 e. The second-order valence-corrected chi connectivity index (χ2v) is 10.1. The minimum absolute atomic E-state index is 0.0365. The van der Waals surface area contributed by atoms with Crippen molar-refractivity contribution >= 4 is 11.8 Å². The summed E-state index contributed by atoms with van der Waals surface area (Å²) in [7, 11) is 0. The highest BCUT2D eigenvalue weighted by Crippen LogP contribution is 2.40. The summed E-state index contributed by atoms with van der Waals surface area (Å²) in [5.74, 6) is 0.457. The first-order valence-corrected chi connectivity index (χ1v) is 13.2. The number of carbonyl (C=O) groups is 1. The number of amides is 1. The molecule has 0 fully saturated rings. The largest absolute Gasteiger partial charge is 0.449 e. The second-order valence-electron chi connectivity index (χ2n) is 10.1. The van der Waals surface area contributed by atoms with Gasteiger partial charge in [0.05, 0.1) is 12.2 Å². The fraction of sp³-hybridized carbons (Fsp3) is 0.552. The van der Waals surface area contributed by atoms with Gasteiger partial charge in [0.2, 0.25) is 0 Å². The molecule has 3 N–H and O–H groups in total. The van der Waals surface area contributed by atoms with E-state index in [-0.39, 0.29) is 17.8 Å². The Kier molecular flexibility index (Phi) is 12.8. The van der Waals surface area contributed by atoms with Gasteiger partial charge in [-0.3, -0.25) is 0 Å². The van der Waals surface area contributed by atoms with Crippen molar-refractivity contribution in [2.24, 2.45) is 11.8 Å². The van der Waals surface area contributed by atoms with Crippen LogP contribution in [0.15, 0.2) is 54.6 Å². The van der Waals surface area contributed by atoms with Gasteiger partial charge in [0.25, 0.3) is 0 Å². The number of hydrogen-bond donors (Lipinski definition) is 3. The Morgan fingerprint density at radius 3 is 2.32 bits per heavy atom. The fourth-order valence-corrected chi connectivity index (χ4v) is 4.21. The number of alkyl halides is 3. The van der Waals surface area contributed by atoms with Crippen LogP contribution in [0.4, 0.5) is 23.7 Å². The molecule has 3 rings (SSSR count). The molecule has 1 aliphatic rings. The molecule has 0 saturated heterocycles. The molecule has 3 unspecified atom stereocenters. The van der Waals surface area contributed by atoms with Gasteiger partial charge in [-0.05, 0) is 67.3 Å². The van der Waals surface area contributed by atoms with Crippen LogP contribution in [0.2, 0.25) is 0 Å². The molecule has 2 aromatic rings. The van der Waals surface area contributed by atoms with Gasteiger partial charge in [0.1, 0.15) is 0 Å². The third kappa shape index (κ3) is 11.5. The average molecular weight is 522 g/mol. The first-order chi connectivity index (χ1) is 17.6. The van der Waals surface area contributed by atoms with E-state index >= 15 is 0 Å². The molecule has 1 aliphatic heterocycles. The van der Waals surface area contributed by atoms with Crippen LogP contribution in [-0.4, -0.2) is 38.4 Å². The molecule has 0 radical (unpaired) electrons. The number of anilines is 1. The van der Waals surface area contributed by atoms with Gasteiger partial charge < -0.3 is 20.7 Å². The molecule has 3 atom stereocenters. The molecule has 2 aromatic carbocycles. The highest BCUT2D eigenvalue weighted by Gasteiger charge is 2.33. The Bertz CT molecular complexity index is 896. The Morgan fingerprint density at radius 1 is 1.08 bits per heavy atom. The lowest BCUT2D eigenvalue weighted by atomic mass is 9.79. The Labute approximate surface area is 219 Å². The maximum atomic E-state index is 13.1. The van der Waals surface area contributed by atoms with Crippen molar-refractivity contribution in [2.75, 3.05) is 31.6 Å². The average Bonchev–Trinajstić information content (AvgIpc) is 2.87. The van der Waals surface area contributed by atoms with Gasteiger partial charge in [-0.25, -0.2) is 4.79 Å². The maximum absolute atomic E-state index is 13.1. The predicted octanol–water partition coefficient (Wildman–Crippen LogP) is 7.07. The van der Waals surface area contributed by atoms with Crippen LogP contribution in [0, 0.1) is 11.8 Å². The minimum Gasteiger partial charge on any atom is -0.449 e. The Morgan fingerprint density at radius 2 is 1.73 bits per heavy atom. The number of carbonyl (C=O) groups excluding carboxylic acids is 1. The van der Waals surface area contributed by atoms with Crippen LogP contribution in [0.1, 0.15) is 64.0 Å². The van der Waals surface area contributed by atoms with Gasteiger partial charge in [0.15, 0.2) is 0 Å². The van der Waals surface area contributed by atoms with Gasteiger partial charge >= 0.3 is 12.3 Å². The summed E-state index contributed by atoms with van der Waals surface area (Å²) in [4.78, 5) is 11.8. The highest BCUT2D eigenvalue weighted by atomic mass is 19.4. The number of ether oxygens (including phenoxy) is 1. The van der Waals surface area contributed by atoms with Gasteiger partial charge in [-0.1, -0.05) is 64.1 Å². The van der Waals surface area contributed by atoms with Crippen LogP contribution in [0.5, 0.6) is 0 Å². The van der Waals surface area contributed by atoms with E-state index in [0.717, 1.165) is 49.7 Å². The zero-order valence-electron chi connectivity index (χ0n) is 22.4. The first-order valence-electron chi connectivity index (χ1n) is 13.2. The summed E-state index contributed by atoms with van der Waals surface area (Å²) >= 11 is 0. The molecule has 1 heterocycles. The van der Waals surface area contributed by atoms with Gasteiger partial charge in [-0.2, -0.15) is 13.2 Å². The molecule has 0 spiro atoms. The van der Waals surface area contributed by atoms with E-state index in [1.807, 2.05) is 50.2 Å². The monoisotopic (exact) mass is 521 g/mol. The van der Waals surface area contributed by atoms with Crippen molar-refractivity contribution in [3.63, 3.8) is 0 Å². The Balaban J connectivity index is 0.000000700. The number of fused-ring (bicyclic) bond motifs is 1. The number of rotatable bonds is 10. The smallest absolute Gasteiger partial charge is 0.416 e. The number of alkyl carbamates (subject to hydrolysis) is 1. The summed E-state index contributed by atoms with van der Waals surface area (Å²) in [5.41, 5.74) is 0.906. The SMILES string of the molecule is CC(CCC1CNc2ccc(C(F)(F)F)cc2C1C)COC(=O)NCCCNC(C)C.c1ccccc1. The van der Waals surface area contributed by atoms with Crippen molar-refractivity contribution in [1.82, 2.24) is 10.6 Å². The molecule has 206 valence electrons. The van der Waals surface area contributed by atoms with E-state index in [4.69, 9.17) is 4.74 Å². The Hall–Kier alpha value is -2.74. The van der Waals surface area contributed by atoms with E-state index in [1.54, 1.807) is 0 Å². The van der Waals surface area contributed by atoms with Gasteiger partial charge in [-0.15, -0.1) is 0 Å². The summed E-state index contributed by atoms with van der Waals surface area (Å²) in [6.07, 6.45) is -2.20. The lowest BCUT2D eigenvalue weighted by Crippen LogP contribution is -2.31. The van der Waals surface area contributed by atoms with E-state index in [1.165, 1.54) is 12.1 Å². The second kappa shape index (κ2) is 15.5. The zero-order chi connectivity index (χ0) is 27.3. The standard InChI is InChI=1S/C23H36F3N3O2.C6H6/c1-15(2)27-10-5-11-28-22(30)31-14-16(3)6-7-18-13-29-21-9-8-19(23(24,25)26)12-20(21)17(18)4;1-2-4-6-5-3-1/h8-9,12,15-18,27,29H,5-7,10-11,13-14H2,1-4H3,(H,28,30);1-6H. The van der Waals surface area contributed by atoms with E-state index in [9.17, 15) is 18.0 Å². The lowest BCUT2D eigenvalue weighted by Gasteiger charge is -2.33. The quantitative estimate of drug-likeness (QED) is 0.293. The van der Waals surface area contributed by atoms with E-state index in [2.05, 4.69) is 29.8 Å². The normalized spacial score (nSPS) is 17.6. The molecule has 8 heteroatoms. The van der Waals surface area contributed by atoms with E-state index in [0.29, 0.717) is 19.2 Å². The number of nitrogens with one attached hydrogen (secondary N) is 3. The van der Waals surface area contributed by atoms with Crippen LogP contribution >= 0.6 is 0 Å². The first kappa shape index (κ1) is 30.5. The zero-order valence-corrected chi connectivity index (χ0v) is 22.4. The molecule has 1 amide bonds. The fourth-order valence-electron chi connectivity index (χ4n) is 4.21. The molecular weight excluding hydrogens is 479 g/mol. The van der Waals surface area contributed by atoms with Crippen LogP contribution in [0.25, 0.3) is 0 Å². The number of hydrogen-bond acceptors (Lipinski definition) is 4. The molecule has 0 bridgehead atoms. The van der Waals surface area contributed by atoms with Crippen molar-refractivity contribution in [2.45, 2.75) is 65.1 Å². The van der Waals surface area contributed by atoms with Crippen LogP contribution < -0.4 is 16.0 Å².